The molecule has 1 aromatic carbocycles. The van der Waals surface area contributed by atoms with Crippen LogP contribution in [-0.4, -0.2) is 19.7 Å². The molecule has 114 valence electrons. The van der Waals surface area contributed by atoms with Crippen LogP contribution in [0.5, 0.6) is 5.75 Å². The van der Waals surface area contributed by atoms with E-state index in [1.54, 1.807) is 13.4 Å². The highest BCUT2D eigenvalue weighted by Gasteiger charge is 2.13. The van der Waals surface area contributed by atoms with Crippen molar-refractivity contribution < 1.29 is 9.15 Å². The molecule has 3 nitrogen and oxygen atoms in total. The molecule has 0 amide bonds. The molecule has 2 rings (SSSR count). The van der Waals surface area contributed by atoms with Crippen molar-refractivity contribution in [3.05, 3.63) is 52.9 Å². The van der Waals surface area contributed by atoms with Gasteiger partial charge in [-0.1, -0.05) is 18.5 Å². The van der Waals surface area contributed by atoms with Gasteiger partial charge in [0.25, 0.3) is 0 Å². The minimum Gasteiger partial charge on any atom is -0.496 e. The van der Waals surface area contributed by atoms with Gasteiger partial charge in [0.15, 0.2) is 0 Å². The first-order valence-electron chi connectivity index (χ1n) is 7.31. The van der Waals surface area contributed by atoms with Gasteiger partial charge >= 0.3 is 0 Å². The van der Waals surface area contributed by atoms with Crippen molar-refractivity contribution in [2.45, 2.75) is 32.2 Å². The van der Waals surface area contributed by atoms with E-state index in [0.29, 0.717) is 6.04 Å². The van der Waals surface area contributed by atoms with Gasteiger partial charge in [-0.25, -0.2) is 0 Å². The van der Waals surface area contributed by atoms with Gasteiger partial charge in [0.2, 0.25) is 0 Å². The summed E-state index contributed by atoms with van der Waals surface area (Å²) in [6.07, 6.45) is 4.54. The molecule has 4 heteroatoms. The summed E-state index contributed by atoms with van der Waals surface area (Å²) in [5.41, 5.74) is 1.13. The lowest BCUT2D eigenvalue weighted by molar-refractivity contribution is 0.400. The van der Waals surface area contributed by atoms with Crippen LogP contribution in [0, 0.1) is 0 Å². The van der Waals surface area contributed by atoms with Crippen LogP contribution in [0.3, 0.4) is 0 Å². The highest BCUT2D eigenvalue weighted by atomic mass is 35.5. The van der Waals surface area contributed by atoms with Crippen LogP contribution in [0.2, 0.25) is 5.02 Å². The zero-order valence-corrected chi connectivity index (χ0v) is 13.3. The minimum absolute atomic E-state index is 0.368. The molecule has 0 aliphatic carbocycles. The molecule has 2 aromatic rings. The van der Waals surface area contributed by atoms with Gasteiger partial charge < -0.3 is 14.5 Å². The highest BCUT2D eigenvalue weighted by Crippen LogP contribution is 2.24. The predicted molar refractivity (Wildman–Crippen MR) is 86.2 cm³/mol. The van der Waals surface area contributed by atoms with Crippen molar-refractivity contribution in [3.63, 3.8) is 0 Å². The second kappa shape index (κ2) is 8.11. The third-order valence-corrected chi connectivity index (χ3v) is 3.76. The van der Waals surface area contributed by atoms with Crippen LogP contribution in [0.15, 0.2) is 41.0 Å². The lowest BCUT2D eigenvalue weighted by Crippen LogP contribution is -2.31. The number of hydrogen-bond acceptors (Lipinski definition) is 3. The third kappa shape index (κ3) is 4.80. The molecule has 1 N–H and O–H groups in total. The fraction of sp³-hybridized carbons (Fsp3) is 0.412. The van der Waals surface area contributed by atoms with Crippen LogP contribution in [0.1, 0.15) is 24.7 Å². The average molecular weight is 308 g/mol. The van der Waals surface area contributed by atoms with Crippen molar-refractivity contribution in [1.29, 1.82) is 0 Å². The van der Waals surface area contributed by atoms with Gasteiger partial charge in [-0.05, 0) is 55.3 Å². The van der Waals surface area contributed by atoms with Crippen LogP contribution < -0.4 is 10.1 Å². The Morgan fingerprint density at radius 1 is 1.33 bits per heavy atom. The number of hydrogen-bond donors (Lipinski definition) is 1. The van der Waals surface area contributed by atoms with Crippen molar-refractivity contribution in [2.24, 2.45) is 0 Å². The smallest absolute Gasteiger partial charge is 0.122 e. The monoisotopic (exact) mass is 307 g/mol. The van der Waals surface area contributed by atoms with E-state index in [1.807, 2.05) is 30.3 Å². The normalized spacial score (nSPS) is 12.3. The van der Waals surface area contributed by atoms with Crippen LogP contribution in [-0.2, 0) is 12.8 Å². The predicted octanol–water partition coefficient (Wildman–Crippen LogP) is 4.10. The Morgan fingerprint density at radius 3 is 2.86 bits per heavy atom. The molecular formula is C17H22ClNO2. The second-order valence-electron chi connectivity index (χ2n) is 5.03. The maximum Gasteiger partial charge on any atom is 0.122 e. The molecule has 0 fully saturated rings. The summed E-state index contributed by atoms with van der Waals surface area (Å²) in [7, 11) is 1.69. The molecule has 0 bridgehead atoms. The van der Waals surface area contributed by atoms with Gasteiger partial charge in [-0.3, -0.25) is 0 Å². The summed E-state index contributed by atoms with van der Waals surface area (Å²) >= 11 is 6.10. The van der Waals surface area contributed by atoms with E-state index in [1.165, 1.54) is 0 Å². The summed E-state index contributed by atoms with van der Waals surface area (Å²) in [6, 6.07) is 10.1. The van der Waals surface area contributed by atoms with Gasteiger partial charge in [-0.2, -0.15) is 0 Å². The standard InChI is InChI=1S/C17H22ClNO2/c1-3-19-15(7-8-16-5-4-10-21-16)12-13-11-14(18)6-9-17(13)20-2/h4-6,9-11,15,19H,3,7-8,12H2,1-2H3. The Labute approximate surface area is 131 Å². The molecule has 0 aliphatic rings. The minimum atomic E-state index is 0.368. The van der Waals surface area contributed by atoms with Crippen molar-refractivity contribution >= 4 is 11.6 Å². The number of aryl methyl sites for hydroxylation is 1. The lowest BCUT2D eigenvalue weighted by atomic mass is 10.00. The molecule has 21 heavy (non-hydrogen) atoms. The second-order valence-corrected chi connectivity index (χ2v) is 5.47. The Kier molecular flexibility index (Phi) is 6.15. The summed E-state index contributed by atoms with van der Waals surface area (Å²) in [5.74, 6) is 1.91. The molecule has 0 saturated heterocycles. The number of nitrogens with one attached hydrogen (secondary N) is 1. The molecule has 1 unspecified atom stereocenters. The number of rotatable bonds is 8. The fourth-order valence-electron chi connectivity index (χ4n) is 2.51. The van der Waals surface area contributed by atoms with E-state index in [9.17, 15) is 0 Å². The summed E-state index contributed by atoms with van der Waals surface area (Å²) in [6.45, 7) is 3.06. The molecule has 0 saturated carbocycles. The first-order valence-corrected chi connectivity index (χ1v) is 7.69. The first-order chi connectivity index (χ1) is 10.2. The largest absolute Gasteiger partial charge is 0.496 e. The first kappa shape index (κ1) is 15.9. The van der Waals surface area contributed by atoms with E-state index >= 15 is 0 Å². The number of halogens is 1. The Balaban J connectivity index is 2.03. The number of ether oxygens (including phenoxy) is 1. The number of furan rings is 1. The van der Waals surface area contributed by atoms with Gasteiger partial charge in [0.05, 0.1) is 13.4 Å². The molecular weight excluding hydrogens is 286 g/mol. The zero-order valence-electron chi connectivity index (χ0n) is 12.6. The van der Waals surface area contributed by atoms with E-state index < -0.39 is 0 Å². The van der Waals surface area contributed by atoms with Crippen molar-refractivity contribution in [2.75, 3.05) is 13.7 Å². The Bertz CT molecular complexity index is 540. The van der Waals surface area contributed by atoms with E-state index in [-0.39, 0.29) is 0 Å². The molecule has 0 spiro atoms. The molecule has 0 aliphatic heterocycles. The van der Waals surface area contributed by atoms with E-state index in [4.69, 9.17) is 20.8 Å². The fourth-order valence-corrected chi connectivity index (χ4v) is 2.70. The van der Waals surface area contributed by atoms with Crippen LogP contribution >= 0.6 is 11.6 Å². The summed E-state index contributed by atoms with van der Waals surface area (Å²) in [4.78, 5) is 0. The van der Waals surface area contributed by atoms with Gasteiger partial charge in [-0.15, -0.1) is 0 Å². The van der Waals surface area contributed by atoms with Gasteiger partial charge in [0.1, 0.15) is 11.5 Å². The molecule has 0 radical (unpaired) electrons. The number of methoxy groups -OCH3 is 1. The van der Waals surface area contributed by atoms with Crippen molar-refractivity contribution in [3.8, 4) is 5.75 Å². The summed E-state index contributed by atoms with van der Waals surface area (Å²) < 4.78 is 10.8. The van der Waals surface area contributed by atoms with Crippen LogP contribution in [0.4, 0.5) is 0 Å². The molecule has 1 atom stereocenters. The van der Waals surface area contributed by atoms with Crippen LogP contribution in [0.25, 0.3) is 0 Å². The van der Waals surface area contributed by atoms with Gasteiger partial charge in [0, 0.05) is 17.5 Å². The highest BCUT2D eigenvalue weighted by molar-refractivity contribution is 6.30. The maximum absolute atomic E-state index is 6.10. The lowest BCUT2D eigenvalue weighted by Gasteiger charge is -2.19. The maximum atomic E-state index is 6.10. The quantitative estimate of drug-likeness (QED) is 0.797. The van der Waals surface area contributed by atoms with E-state index in [2.05, 4.69) is 12.2 Å². The Morgan fingerprint density at radius 2 is 2.19 bits per heavy atom. The summed E-state index contributed by atoms with van der Waals surface area (Å²) in [5, 5.41) is 4.27. The topological polar surface area (TPSA) is 34.4 Å². The number of likely N-dealkylation sites (N-methyl/N-ethyl adjacent to an activating group) is 1. The third-order valence-electron chi connectivity index (χ3n) is 3.52. The van der Waals surface area contributed by atoms with E-state index in [0.717, 1.165) is 47.9 Å². The molecule has 1 aromatic heterocycles. The molecule has 1 heterocycles. The average Bonchev–Trinajstić information content (AvgIpc) is 2.98. The zero-order chi connectivity index (χ0) is 15.1. The SMILES string of the molecule is CCNC(CCc1ccco1)Cc1cc(Cl)ccc1OC. The van der Waals surface area contributed by atoms with Crippen molar-refractivity contribution in [1.82, 2.24) is 5.32 Å². The number of benzene rings is 1. The Hall–Kier alpha value is -1.45.